The van der Waals surface area contributed by atoms with Gasteiger partial charge in [-0.15, -0.1) is 0 Å². The van der Waals surface area contributed by atoms with Crippen LogP contribution < -0.4 is 5.32 Å². The van der Waals surface area contributed by atoms with Crippen molar-refractivity contribution in [1.82, 2.24) is 10.2 Å². The Labute approximate surface area is 123 Å². The predicted molar refractivity (Wildman–Crippen MR) is 83.7 cm³/mol. The molecule has 0 bridgehead atoms. The van der Waals surface area contributed by atoms with Gasteiger partial charge in [0.1, 0.15) is 0 Å². The van der Waals surface area contributed by atoms with Gasteiger partial charge < -0.3 is 10.4 Å². The molecule has 1 aromatic rings. The summed E-state index contributed by atoms with van der Waals surface area (Å²) in [6.07, 6.45) is 5.13. The van der Waals surface area contributed by atoms with Crippen LogP contribution in [0.15, 0.2) is 30.3 Å². The van der Waals surface area contributed by atoms with Crippen LogP contribution in [0.3, 0.4) is 0 Å². The summed E-state index contributed by atoms with van der Waals surface area (Å²) in [4.78, 5) is 2.59. The minimum Gasteiger partial charge on any atom is -0.395 e. The minimum absolute atomic E-state index is 0.230. The average Bonchev–Trinajstić information content (AvgIpc) is 2.52. The molecule has 1 saturated carbocycles. The molecule has 0 spiro atoms. The summed E-state index contributed by atoms with van der Waals surface area (Å²) in [6, 6.07) is 11.9. The monoisotopic (exact) mass is 276 g/mol. The fourth-order valence-corrected chi connectivity index (χ4v) is 3.32. The molecule has 0 heterocycles. The largest absolute Gasteiger partial charge is 0.395 e. The number of benzene rings is 1. The van der Waals surface area contributed by atoms with Crippen molar-refractivity contribution in [1.29, 1.82) is 0 Å². The molecule has 1 aliphatic carbocycles. The molecule has 20 heavy (non-hydrogen) atoms. The van der Waals surface area contributed by atoms with Crippen LogP contribution in [0.1, 0.15) is 38.2 Å². The van der Waals surface area contributed by atoms with Gasteiger partial charge in [-0.05, 0) is 24.9 Å². The van der Waals surface area contributed by atoms with Crippen LogP contribution in [0.4, 0.5) is 0 Å². The zero-order valence-corrected chi connectivity index (χ0v) is 12.6. The summed E-state index contributed by atoms with van der Waals surface area (Å²) in [5, 5.41) is 12.6. The second kappa shape index (κ2) is 8.40. The number of aliphatic hydroxyl groups is 1. The number of nitrogens with one attached hydrogen (secondary N) is 1. The lowest BCUT2D eigenvalue weighted by Gasteiger charge is -2.40. The molecule has 0 unspecified atom stereocenters. The van der Waals surface area contributed by atoms with Gasteiger partial charge in [0, 0.05) is 25.2 Å². The molecule has 2 atom stereocenters. The van der Waals surface area contributed by atoms with Gasteiger partial charge in [0.05, 0.1) is 6.61 Å². The van der Waals surface area contributed by atoms with Gasteiger partial charge in [0.15, 0.2) is 0 Å². The zero-order chi connectivity index (χ0) is 14.2. The molecule has 1 fully saturated rings. The normalized spacial score (nSPS) is 23.1. The second-order valence-corrected chi connectivity index (χ2v) is 5.68. The van der Waals surface area contributed by atoms with Crippen molar-refractivity contribution in [2.24, 2.45) is 0 Å². The number of hydrogen-bond donors (Lipinski definition) is 2. The van der Waals surface area contributed by atoms with Crippen LogP contribution in [0, 0.1) is 0 Å². The van der Waals surface area contributed by atoms with Gasteiger partial charge in [-0.1, -0.05) is 50.1 Å². The van der Waals surface area contributed by atoms with Gasteiger partial charge in [0.25, 0.3) is 0 Å². The summed E-state index contributed by atoms with van der Waals surface area (Å²) in [6.45, 7) is 5.30. The highest BCUT2D eigenvalue weighted by molar-refractivity contribution is 5.14. The molecule has 0 amide bonds. The Balaban J connectivity index is 1.99. The molecule has 0 aromatic heterocycles. The van der Waals surface area contributed by atoms with Crippen LogP contribution in [0.2, 0.25) is 0 Å². The lowest BCUT2D eigenvalue weighted by molar-refractivity contribution is 0.117. The summed E-state index contributed by atoms with van der Waals surface area (Å²) in [5.41, 5.74) is 1.39. The highest BCUT2D eigenvalue weighted by Gasteiger charge is 2.28. The molecule has 0 saturated heterocycles. The number of rotatable bonds is 7. The average molecular weight is 276 g/mol. The van der Waals surface area contributed by atoms with Crippen molar-refractivity contribution in [2.75, 3.05) is 19.7 Å². The molecule has 0 radical (unpaired) electrons. The summed E-state index contributed by atoms with van der Waals surface area (Å²) in [5.74, 6) is 0. The molecule has 112 valence electrons. The van der Waals surface area contributed by atoms with Gasteiger partial charge in [0.2, 0.25) is 0 Å². The predicted octanol–water partition coefficient (Wildman–Crippen LogP) is 2.40. The molecular weight excluding hydrogens is 248 g/mol. The summed E-state index contributed by atoms with van der Waals surface area (Å²) in [7, 11) is 0. The fraction of sp³-hybridized carbons (Fsp3) is 0.647. The Kier molecular flexibility index (Phi) is 6.51. The van der Waals surface area contributed by atoms with Crippen LogP contribution in [0.25, 0.3) is 0 Å². The molecule has 2 rings (SSSR count). The molecule has 3 nitrogen and oxygen atoms in total. The molecular formula is C17H28N2O. The maximum absolute atomic E-state index is 9.04. The summed E-state index contributed by atoms with van der Waals surface area (Å²) < 4.78 is 0. The number of aliphatic hydroxyl groups excluding tert-OH is 1. The molecule has 1 aromatic carbocycles. The van der Waals surface area contributed by atoms with Crippen LogP contribution in [-0.2, 0) is 6.54 Å². The van der Waals surface area contributed by atoms with E-state index in [0.717, 1.165) is 13.1 Å². The van der Waals surface area contributed by atoms with Gasteiger partial charge in [-0.2, -0.15) is 0 Å². The van der Waals surface area contributed by atoms with E-state index in [2.05, 4.69) is 47.5 Å². The van der Waals surface area contributed by atoms with Gasteiger partial charge >= 0.3 is 0 Å². The highest BCUT2D eigenvalue weighted by Crippen LogP contribution is 2.24. The first kappa shape index (κ1) is 15.5. The SMILES string of the molecule is CCN(Cc1ccccc1)[C@@H]1CCCC[C@@H]1NCCO. The zero-order valence-electron chi connectivity index (χ0n) is 12.6. The third-order valence-electron chi connectivity index (χ3n) is 4.35. The van der Waals surface area contributed by atoms with Crippen LogP contribution >= 0.6 is 0 Å². The lowest BCUT2D eigenvalue weighted by Crippen LogP contribution is -2.52. The number of nitrogens with zero attached hydrogens (tertiary/aromatic N) is 1. The van der Waals surface area contributed by atoms with Crippen molar-refractivity contribution in [3.8, 4) is 0 Å². The maximum atomic E-state index is 9.04. The summed E-state index contributed by atoms with van der Waals surface area (Å²) >= 11 is 0. The van der Waals surface area contributed by atoms with Crippen molar-refractivity contribution in [2.45, 2.75) is 51.2 Å². The topological polar surface area (TPSA) is 35.5 Å². The van der Waals surface area contributed by atoms with Crippen LogP contribution in [-0.4, -0.2) is 41.8 Å². The third kappa shape index (κ3) is 4.30. The van der Waals surface area contributed by atoms with E-state index in [0.29, 0.717) is 18.6 Å². The van der Waals surface area contributed by atoms with E-state index >= 15 is 0 Å². The van der Waals surface area contributed by atoms with E-state index in [-0.39, 0.29) is 6.61 Å². The van der Waals surface area contributed by atoms with Crippen molar-refractivity contribution in [3.63, 3.8) is 0 Å². The van der Waals surface area contributed by atoms with Gasteiger partial charge in [-0.25, -0.2) is 0 Å². The first-order valence-corrected chi connectivity index (χ1v) is 7.97. The first-order valence-electron chi connectivity index (χ1n) is 7.97. The van der Waals surface area contributed by atoms with E-state index in [9.17, 15) is 0 Å². The Morgan fingerprint density at radius 3 is 2.65 bits per heavy atom. The molecule has 1 aliphatic rings. The van der Waals surface area contributed by atoms with Gasteiger partial charge in [-0.3, -0.25) is 4.90 Å². The van der Waals surface area contributed by atoms with E-state index in [1.165, 1.54) is 31.2 Å². The maximum Gasteiger partial charge on any atom is 0.0556 e. The Hall–Kier alpha value is -0.900. The number of likely N-dealkylation sites (N-methyl/N-ethyl adjacent to an activating group) is 1. The lowest BCUT2D eigenvalue weighted by atomic mass is 9.88. The molecule has 0 aliphatic heterocycles. The van der Waals surface area contributed by atoms with E-state index in [1.54, 1.807) is 0 Å². The second-order valence-electron chi connectivity index (χ2n) is 5.68. The number of hydrogen-bond acceptors (Lipinski definition) is 3. The minimum atomic E-state index is 0.230. The fourth-order valence-electron chi connectivity index (χ4n) is 3.32. The quantitative estimate of drug-likeness (QED) is 0.803. The Morgan fingerprint density at radius 1 is 1.20 bits per heavy atom. The molecule has 2 N–H and O–H groups in total. The molecule has 3 heteroatoms. The van der Waals surface area contributed by atoms with E-state index in [4.69, 9.17) is 5.11 Å². The van der Waals surface area contributed by atoms with Crippen molar-refractivity contribution in [3.05, 3.63) is 35.9 Å². The van der Waals surface area contributed by atoms with E-state index in [1.807, 2.05) is 0 Å². The van der Waals surface area contributed by atoms with Crippen LogP contribution in [0.5, 0.6) is 0 Å². The standard InChI is InChI=1S/C17H28N2O/c1-2-19(14-15-8-4-3-5-9-15)17-11-7-6-10-16(17)18-12-13-20/h3-5,8-9,16-18,20H,2,6-7,10-14H2,1H3/t16-,17+/m0/s1. The smallest absolute Gasteiger partial charge is 0.0556 e. The van der Waals surface area contributed by atoms with Crippen molar-refractivity contribution >= 4 is 0 Å². The first-order chi connectivity index (χ1) is 9.85. The highest BCUT2D eigenvalue weighted by atomic mass is 16.3. The Bertz CT molecular complexity index is 369. The third-order valence-corrected chi connectivity index (χ3v) is 4.35. The Morgan fingerprint density at radius 2 is 1.95 bits per heavy atom. The van der Waals surface area contributed by atoms with Crippen molar-refractivity contribution < 1.29 is 5.11 Å². The van der Waals surface area contributed by atoms with E-state index < -0.39 is 0 Å².